The van der Waals surface area contributed by atoms with Crippen molar-refractivity contribution in [3.8, 4) is 0 Å². The molecule has 0 radical (unpaired) electrons. The van der Waals surface area contributed by atoms with Crippen LogP contribution >= 0.6 is 23.2 Å². The predicted octanol–water partition coefficient (Wildman–Crippen LogP) is 3.98. The van der Waals surface area contributed by atoms with Gasteiger partial charge in [-0.25, -0.2) is 0 Å². The normalized spacial score (nSPS) is 25.8. The Morgan fingerprint density at radius 3 is 2.67 bits per heavy atom. The largest absolute Gasteiger partial charge is 0.307 e. The van der Waals surface area contributed by atoms with Gasteiger partial charge in [0.2, 0.25) is 0 Å². The first kappa shape index (κ1) is 11.3. The van der Waals surface area contributed by atoms with Crippen molar-refractivity contribution < 1.29 is 0 Å². The Kier molecular flexibility index (Phi) is 3.24. The Morgan fingerprint density at radius 1 is 1.33 bits per heavy atom. The van der Waals surface area contributed by atoms with Crippen molar-refractivity contribution in [2.45, 2.75) is 31.7 Å². The summed E-state index contributed by atoms with van der Waals surface area (Å²) in [5.41, 5.74) is 1.38. The third-order valence-electron chi connectivity index (χ3n) is 3.32. The second kappa shape index (κ2) is 4.32. The van der Waals surface area contributed by atoms with Gasteiger partial charge in [0, 0.05) is 5.54 Å². The van der Waals surface area contributed by atoms with E-state index in [0.29, 0.717) is 10.0 Å². The fraction of sp³-hybridized carbons (Fsp3) is 0.500. The van der Waals surface area contributed by atoms with E-state index < -0.39 is 0 Å². The van der Waals surface area contributed by atoms with Crippen LogP contribution in [-0.4, -0.2) is 6.54 Å². The van der Waals surface area contributed by atoms with Crippen molar-refractivity contribution in [3.63, 3.8) is 0 Å². The zero-order valence-corrected chi connectivity index (χ0v) is 10.3. The van der Waals surface area contributed by atoms with Gasteiger partial charge in [0.05, 0.1) is 10.0 Å². The van der Waals surface area contributed by atoms with E-state index in [2.05, 4.69) is 18.3 Å². The summed E-state index contributed by atoms with van der Waals surface area (Å²) in [6, 6.07) is 5.96. The van der Waals surface area contributed by atoms with Gasteiger partial charge in [0.25, 0.3) is 0 Å². The Bertz CT molecular complexity index is 357. The van der Waals surface area contributed by atoms with Crippen LogP contribution in [0.4, 0.5) is 0 Å². The average Bonchev–Trinajstić information content (AvgIpc) is 2.72. The van der Waals surface area contributed by atoms with Gasteiger partial charge in [-0.2, -0.15) is 0 Å². The first-order valence-electron chi connectivity index (χ1n) is 5.38. The maximum atomic E-state index is 6.05. The molecule has 0 saturated carbocycles. The summed E-state index contributed by atoms with van der Waals surface area (Å²) in [4.78, 5) is 0. The van der Waals surface area contributed by atoms with Crippen LogP contribution in [0.5, 0.6) is 0 Å². The molecule has 1 fully saturated rings. The molecule has 1 saturated heterocycles. The molecule has 0 aliphatic carbocycles. The molecule has 0 aromatic heterocycles. The summed E-state index contributed by atoms with van der Waals surface area (Å²) in [7, 11) is 0. The fourth-order valence-corrected chi connectivity index (χ4v) is 2.65. The quantitative estimate of drug-likeness (QED) is 0.829. The van der Waals surface area contributed by atoms with Crippen LogP contribution in [0.2, 0.25) is 10.0 Å². The summed E-state index contributed by atoms with van der Waals surface area (Å²) in [5.74, 6) is 0. The monoisotopic (exact) mass is 243 g/mol. The van der Waals surface area contributed by atoms with Gasteiger partial charge in [-0.1, -0.05) is 36.2 Å². The van der Waals surface area contributed by atoms with Gasteiger partial charge in [-0.15, -0.1) is 0 Å². The van der Waals surface area contributed by atoms with Gasteiger partial charge in [-0.3, -0.25) is 0 Å². The van der Waals surface area contributed by atoms with Crippen LogP contribution in [0.1, 0.15) is 31.7 Å². The van der Waals surface area contributed by atoms with E-state index in [1.807, 2.05) is 12.1 Å². The second-order valence-electron chi connectivity index (χ2n) is 4.09. The molecule has 82 valence electrons. The molecule has 1 aliphatic heterocycles. The van der Waals surface area contributed by atoms with Crippen LogP contribution in [0.25, 0.3) is 0 Å². The minimum atomic E-state index is 0.119. The Labute approximate surface area is 101 Å². The Balaban J connectivity index is 2.38. The fourth-order valence-electron chi connectivity index (χ4n) is 2.35. The number of halogens is 2. The summed E-state index contributed by atoms with van der Waals surface area (Å²) in [6.07, 6.45) is 3.50. The number of benzene rings is 1. The van der Waals surface area contributed by atoms with Crippen molar-refractivity contribution in [1.82, 2.24) is 5.32 Å². The molecule has 1 aliphatic rings. The van der Waals surface area contributed by atoms with E-state index in [4.69, 9.17) is 23.2 Å². The van der Waals surface area contributed by atoms with E-state index >= 15 is 0 Å². The maximum absolute atomic E-state index is 6.05. The van der Waals surface area contributed by atoms with E-state index in [9.17, 15) is 0 Å². The number of hydrogen-bond acceptors (Lipinski definition) is 1. The number of nitrogens with one attached hydrogen (secondary N) is 1. The summed E-state index contributed by atoms with van der Waals surface area (Å²) < 4.78 is 0. The molecule has 1 heterocycles. The van der Waals surface area contributed by atoms with Crippen LogP contribution in [0.15, 0.2) is 18.2 Å². The lowest BCUT2D eigenvalue weighted by atomic mass is 9.86. The first-order valence-corrected chi connectivity index (χ1v) is 6.14. The molecule has 0 spiro atoms. The lowest BCUT2D eigenvalue weighted by molar-refractivity contribution is 0.376. The van der Waals surface area contributed by atoms with Crippen LogP contribution < -0.4 is 5.32 Å². The first-order chi connectivity index (χ1) is 7.18. The van der Waals surface area contributed by atoms with Gasteiger partial charge < -0.3 is 5.32 Å². The highest BCUT2D eigenvalue weighted by Gasteiger charge is 2.33. The molecule has 1 aromatic rings. The molecule has 1 nitrogen and oxygen atoms in total. The van der Waals surface area contributed by atoms with Crippen LogP contribution in [-0.2, 0) is 5.54 Å². The molecule has 3 heteroatoms. The third-order valence-corrected chi connectivity index (χ3v) is 4.06. The zero-order valence-electron chi connectivity index (χ0n) is 8.82. The lowest BCUT2D eigenvalue weighted by Gasteiger charge is -2.29. The number of rotatable bonds is 2. The van der Waals surface area contributed by atoms with E-state index in [-0.39, 0.29) is 5.54 Å². The molecular formula is C12H15Cl2N. The van der Waals surface area contributed by atoms with Crippen molar-refractivity contribution in [2.75, 3.05) is 6.54 Å². The molecule has 2 rings (SSSR count). The third kappa shape index (κ3) is 2.01. The molecule has 1 unspecified atom stereocenters. The van der Waals surface area contributed by atoms with E-state index in [0.717, 1.165) is 13.0 Å². The Hall–Kier alpha value is -0.240. The molecule has 15 heavy (non-hydrogen) atoms. The SMILES string of the molecule is CCC1(c2ccc(Cl)c(Cl)c2)CCCN1. The van der Waals surface area contributed by atoms with E-state index in [1.54, 1.807) is 0 Å². The second-order valence-corrected chi connectivity index (χ2v) is 4.91. The summed E-state index contributed by atoms with van der Waals surface area (Å²) >= 11 is 12.0. The van der Waals surface area contributed by atoms with Crippen molar-refractivity contribution >= 4 is 23.2 Å². The average molecular weight is 244 g/mol. The number of hydrogen-bond donors (Lipinski definition) is 1. The highest BCUT2D eigenvalue weighted by atomic mass is 35.5. The van der Waals surface area contributed by atoms with Crippen molar-refractivity contribution in [1.29, 1.82) is 0 Å². The van der Waals surface area contributed by atoms with Crippen molar-refractivity contribution in [2.24, 2.45) is 0 Å². The molecule has 0 amide bonds. The maximum Gasteiger partial charge on any atom is 0.0595 e. The Morgan fingerprint density at radius 2 is 2.13 bits per heavy atom. The van der Waals surface area contributed by atoms with Crippen molar-refractivity contribution in [3.05, 3.63) is 33.8 Å². The molecule has 0 bridgehead atoms. The van der Waals surface area contributed by atoms with E-state index in [1.165, 1.54) is 18.4 Å². The summed E-state index contributed by atoms with van der Waals surface area (Å²) in [6.45, 7) is 3.30. The topological polar surface area (TPSA) is 12.0 Å². The van der Waals surface area contributed by atoms with Gasteiger partial charge in [0.1, 0.15) is 0 Å². The molecular weight excluding hydrogens is 229 g/mol. The minimum Gasteiger partial charge on any atom is -0.307 e. The predicted molar refractivity (Wildman–Crippen MR) is 65.7 cm³/mol. The molecule has 1 atom stereocenters. The lowest BCUT2D eigenvalue weighted by Crippen LogP contribution is -2.35. The zero-order chi connectivity index (χ0) is 10.9. The minimum absolute atomic E-state index is 0.119. The highest BCUT2D eigenvalue weighted by Crippen LogP contribution is 2.36. The summed E-state index contributed by atoms with van der Waals surface area (Å²) in [5, 5.41) is 4.86. The van der Waals surface area contributed by atoms with Gasteiger partial charge in [-0.05, 0) is 43.5 Å². The molecule has 1 N–H and O–H groups in total. The van der Waals surface area contributed by atoms with Crippen LogP contribution in [0.3, 0.4) is 0 Å². The highest BCUT2D eigenvalue weighted by molar-refractivity contribution is 6.42. The van der Waals surface area contributed by atoms with Gasteiger partial charge >= 0.3 is 0 Å². The standard InChI is InChI=1S/C12H15Cl2N/c1-2-12(6-3-7-15-12)9-4-5-10(13)11(14)8-9/h4-5,8,15H,2-3,6-7H2,1H3. The van der Waals surface area contributed by atoms with Crippen LogP contribution in [0, 0.1) is 0 Å². The smallest absolute Gasteiger partial charge is 0.0595 e. The molecule has 1 aromatic carbocycles. The van der Waals surface area contributed by atoms with Gasteiger partial charge in [0.15, 0.2) is 0 Å².